The topological polar surface area (TPSA) is 45.9 Å². The van der Waals surface area contributed by atoms with Crippen molar-refractivity contribution >= 4 is 0 Å². The van der Waals surface area contributed by atoms with Crippen molar-refractivity contribution in [2.75, 3.05) is 6.61 Å². The van der Waals surface area contributed by atoms with Crippen LogP contribution in [-0.4, -0.2) is 12.6 Å². The fourth-order valence-electron chi connectivity index (χ4n) is 1.45. The minimum absolute atomic E-state index is 0.101. The average Bonchev–Trinajstić information content (AvgIpc) is 2.16. The lowest BCUT2D eigenvalue weighted by Gasteiger charge is -2.05. The monoisotopic (exact) mass is 186 g/mol. The first-order chi connectivity index (χ1) is 6.31. The van der Waals surface area contributed by atoms with Gasteiger partial charge in [-0.3, -0.25) is 0 Å². The van der Waals surface area contributed by atoms with Crippen LogP contribution in [0.15, 0.2) is 0 Å². The Bertz CT molecular complexity index is 96.1. The second kappa shape index (κ2) is 10.0. The number of rotatable bonds is 9. The van der Waals surface area contributed by atoms with Crippen molar-refractivity contribution in [1.29, 1.82) is 0 Å². The van der Waals surface area contributed by atoms with Gasteiger partial charge in [0.1, 0.15) is 0 Å². The molecule has 1 unspecified atom stereocenters. The minimum Gasteiger partial charge on any atom is -0.326 e. The molecule has 0 aliphatic carbocycles. The van der Waals surface area contributed by atoms with Gasteiger partial charge in [0.25, 0.3) is 0 Å². The standard InChI is InChI=1S/C11H24NO/c1-2-3-4-5-6-7-8-9-11(12)10-13/h11H,2-10,12H2,1H3. The molecule has 0 spiro atoms. The SMILES string of the molecule is CCCCCCCCCC(N)C[O]. The summed E-state index contributed by atoms with van der Waals surface area (Å²) in [4.78, 5) is 0. The van der Waals surface area contributed by atoms with E-state index in [9.17, 15) is 5.11 Å². The second-order valence-corrected chi connectivity index (χ2v) is 3.84. The molecule has 79 valence electrons. The molecule has 13 heavy (non-hydrogen) atoms. The molecule has 0 aliphatic heterocycles. The Morgan fingerprint density at radius 3 is 2.08 bits per heavy atom. The van der Waals surface area contributed by atoms with Crippen LogP contribution in [0.4, 0.5) is 0 Å². The van der Waals surface area contributed by atoms with Gasteiger partial charge in [-0.05, 0) is 6.42 Å². The van der Waals surface area contributed by atoms with Crippen LogP contribution in [0.2, 0.25) is 0 Å². The van der Waals surface area contributed by atoms with Gasteiger partial charge in [-0.25, -0.2) is 5.11 Å². The molecule has 0 rings (SSSR count). The smallest absolute Gasteiger partial charge is 0.0973 e. The summed E-state index contributed by atoms with van der Waals surface area (Å²) in [6.45, 7) is 2.11. The van der Waals surface area contributed by atoms with Crippen molar-refractivity contribution in [2.24, 2.45) is 5.73 Å². The van der Waals surface area contributed by atoms with Gasteiger partial charge in [0.2, 0.25) is 0 Å². The molecule has 2 nitrogen and oxygen atoms in total. The van der Waals surface area contributed by atoms with Gasteiger partial charge in [0.05, 0.1) is 6.61 Å². The lowest BCUT2D eigenvalue weighted by atomic mass is 10.1. The van der Waals surface area contributed by atoms with Crippen LogP contribution >= 0.6 is 0 Å². The molecule has 2 heteroatoms. The molecule has 0 aromatic carbocycles. The maximum Gasteiger partial charge on any atom is 0.0973 e. The molecule has 0 fully saturated rings. The largest absolute Gasteiger partial charge is 0.326 e. The minimum atomic E-state index is -0.115. The summed E-state index contributed by atoms with van der Waals surface area (Å²) in [5, 5.41) is 10.3. The van der Waals surface area contributed by atoms with Crippen LogP contribution in [-0.2, 0) is 5.11 Å². The first-order valence-electron chi connectivity index (χ1n) is 5.65. The van der Waals surface area contributed by atoms with E-state index in [2.05, 4.69) is 6.92 Å². The third-order valence-electron chi connectivity index (χ3n) is 2.39. The maximum absolute atomic E-state index is 10.3. The van der Waals surface area contributed by atoms with Crippen molar-refractivity contribution < 1.29 is 5.11 Å². The van der Waals surface area contributed by atoms with Crippen molar-refractivity contribution in [3.05, 3.63) is 0 Å². The van der Waals surface area contributed by atoms with Crippen LogP contribution in [0.5, 0.6) is 0 Å². The van der Waals surface area contributed by atoms with E-state index in [0.717, 1.165) is 12.8 Å². The van der Waals surface area contributed by atoms with Crippen LogP contribution in [0.1, 0.15) is 58.3 Å². The summed E-state index contributed by atoms with van der Waals surface area (Å²) >= 11 is 0. The van der Waals surface area contributed by atoms with E-state index in [1.54, 1.807) is 0 Å². The average molecular weight is 186 g/mol. The Kier molecular flexibility index (Phi) is 9.94. The Balaban J connectivity index is 2.91. The molecule has 2 N–H and O–H groups in total. The first-order valence-corrected chi connectivity index (χ1v) is 5.65. The Morgan fingerprint density at radius 1 is 1.00 bits per heavy atom. The van der Waals surface area contributed by atoms with Crippen LogP contribution in [0.25, 0.3) is 0 Å². The van der Waals surface area contributed by atoms with E-state index < -0.39 is 0 Å². The molecular formula is C11H24NO. The van der Waals surface area contributed by atoms with E-state index in [1.165, 1.54) is 38.5 Å². The molecule has 0 bridgehead atoms. The molecule has 0 aromatic heterocycles. The lowest BCUT2D eigenvalue weighted by Crippen LogP contribution is -2.23. The van der Waals surface area contributed by atoms with Gasteiger partial charge >= 0.3 is 0 Å². The molecule has 0 amide bonds. The summed E-state index contributed by atoms with van der Waals surface area (Å²) in [5.74, 6) is 0. The summed E-state index contributed by atoms with van der Waals surface area (Å²) in [7, 11) is 0. The Hall–Kier alpha value is -0.0800. The van der Waals surface area contributed by atoms with Gasteiger partial charge in [0.15, 0.2) is 0 Å². The van der Waals surface area contributed by atoms with Gasteiger partial charge in [-0.2, -0.15) is 0 Å². The van der Waals surface area contributed by atoms with Gasteiger partial charge in [-0.1, -0.05) is 51.9 Å². The van der Waals surface area contributed by atoms with Gasteiger partial charge in [0, 0.05) is 6.04 Å². The van der Waals surface area contributed by atoms with E-state index in [-0.39, 0.29) is 12.6 Å². The van der Waals surface area contributed by atoms with Gasteiger partial charge < -0.3 is 5.73 Å². The van der Waals surface area contributed by atoms with Gasteiger partial charge in [-0.15, -0.1) is 0 Å². The Labute approximate surface area is 82.5 Å². The Morgan fingerprint density at radius 2 is 1.54 bits per heavy atom. The highest BCUT2D eigenvalue weighted by Gasteiger charge is 1.99. The van der Waals surface area contributed by atoms with E-state index in [0.29, 0.717) is 0 Å². The summed E-state index contributed by atoms with van der Waals surface area (Å²) in [6, 6.07) is -0.101. The third kappa shape index (κ3) is 9.84. The zero-order chi connectivity index (χ0) is 9.94. The predicted molar refractivity (Wildman–Crippen MR) is 56.1 cm³/mol. The third-order valence-corrected chi connectivity index (χ3v) is 2.39. The van der Waals surface area contributed by atoms with Crippen molar-refractivity contribution in [1.82, 2.24) is 0 Å². The molecule has 1 atom stereocenters. The predicted octanol–water partition coefficient (Wildman–Crippen LogP) is 2.88. The fraction of sp³-hybridized carbons (Fsp3) is 1.00. The fourth-order valence-corrected chi connectivity index (χ4v) is 1.45. The van der Waals surface area contributed by atoms with Crippen LogP contribution in [0.3, 0.4) is 0 Å². The molecule has 0 aromatic rings. The highest BCUT2D eigenvalue weighted by atomic mass is 16.3. The quantitative estimate of drug-likeness (QED) is 0.553. The van der Waals surface area contributed by atoms with Crippen LogP contribution in [0, 0.1) is 0 Å². The van der Waals surface area contributed by atoms with E-state index in [1.807, 2.05) is 0 Å². The van der Waals surface area contributed by atoms with Crippen molar-refractivity contribution in [2.45, 2.75) is 64.3 Å². The first kappa shape index (κ1) is 12.9. The summed E-state index contributed by atoms with van der Waals surface area (Å²) in [6.07, 6.45) is 9.99. The summed E-state index contributed by atoms with van der Waals surface area (Å²) < 4.78 is 0. The molecule has 0 saturated carbocycles. The molecular weight excluding hydrogens is 162 g/mol. The van der Waals surface area contributed by atoms with Crippen LogP contribution < -0.4 is 5.73 Å². The van der Waals surface area contributed by atoms with Crippen molar-refractivity contribution in [3.8, 4) is 0 Å². The molecule has 0 heterocycles. The number of hydrogen-bond acceptors (Lipinski definition) is 1. The summed E-state index contributed by atoms with van der Waals surface area (Å²) in [5.41, 5.74) is 5.52. The zero-order valence-corrected chi connectivity index (χ0v) is 8.93. The molecule has 0 aliphatic rings. The molecule has 1 radical (unpaired) electrons. The highest BCUT2D eigenvalue weighted by molar-refractivity contribution is 4.58. The zero-order valence-electron chi connectivity index (χ0n) is 8.93. The highest BCUT2D eigenvalue weighted by Crippen LogP contribution is 2.08. The van der Waals surface area contributed by atoms with E-state index >= 15 is 0 Å². The normalized spacial score (nSPS) is 13.2. The molecule has 0 saturated heterocycles. The number of unbranched alkanes of at least 4 members (excludes halogenated alkanes) is 6. The number of nitrogens with two attached hydrogens (primary N) is 1. The second-order valence-electron chi connectivity index (χ2n) is 3.84. The van der Waals surface area contributed by atoms with Crippen molar-refractivity contribution in [3.63, 3.8) is 0 Å². The lowest BCUT2D eigenvalue weighted by molar-refractivity contribution is 0.168. The van der Waals surface area contributed by atoms with E-state index in [4.69, 9.17) is 5.73 Å². The number of hydrogen-bond donors (Lipinski definition) is 1. The maximum atomic E-state index is 10.3.